The van der Waals surface area contributed by atoms with Crippen LogP contribution in [0, 0.1) is 0 Å². The number of carbonyl (C=O) groups excluding carboxylic acids is 1. The fraction of sp³-hybridized carbons (Fsp3) is 0.143. The predicted molar refractivity (Wildman–Crippen MR) is 78.6 cm³/mol. The predicted octanol–water partition coefficient (Wildman–Crippen LogP) is 2.70. The van der Waals surface area contributed by atoms with Gasteiger partial charge in [-0.3, -0.25) is 9.78 Å². The Bertz CT molecular complexity index is 586. The highest BCUT2D eigenvalue weighted by atomic mass is 79.9. The van der Waals surface area contributed by atoms with Crippen LogP contribution < -0.4 is 5.73 Å². The first-order chi connectivity index (χ1) is 9.08. The summed E-state index contributed by atoms with van der Waals surface area (Å²) < 4.78 is 0.830. The van der Waals surface area contributed by atoms with Gasteiger partial charge in [-0.1, -0.05) is 22.0 Å². The molecule has 2 N–H and O–H groups in total. The number of benzene rings is 1. The smallest absolute Gasteiger partial charge is 0.256 e. The molecule has 0 fully saturated rings. The standard InChI is InChI=1S/C14H14BrN3O/c1-18(9-11-4-2-3-7-17-11)14(19)12-8-10(15)5-6-13(12)16/h2-8H,9,16H2,1H3. The first-order valence-corrected chi connectivity index (χ1v) is 6.57. The third-order valence-corrected chi connectivity index (χ3v) is 3.21. The Balaban J connectivity index is 2.17. The average Bonchev–Trinajstić information content (AvgIpc) is 2.42. The lowest BCUT2D eigenvalue weighted by Gasteiger charge is -2.18. The lowest BCUT2D eigenvalue weighted by Crippen LogP contribution is -2.27. The zero-order valence-electron chi connectivity index (χ0n) is 10.5. The summed E-state index contributed by atoms with van der Waals surface area (Å²) >= 11 is 3.34. The molecule has 0 aliphatic carbocycles. The summed E-state index contributed by atoms with van der Waals surface area (Å²) in [6.45, 7) is 0.450. The van der Waals surface area contributed by atoms with E-state index in [1.807, 2.05) is 24.3 Å². The molecule has 0 bridgehead atoms. The molecule has 5 heteroatoms. The molecule has 98 valence electrons. The van der Waals surface area contributed by atoms with Crippen molar-refractivity contribution < 1.29 is 4.79 Å². The van der Waals surface area contributed by atoms with E-state index in [9.17, 15) is 4.79 Å². The number of amides is 1. The van der Waals surface area contributed by atoms with Crippen molar-refractivity contribution >= 4 is 27.5 Å². The third kappa shape index (κ3) is 3.32. The van der Waals surface area contributed by atoms with Crippen LogP contribution in [-0.2, 0) is 6.54 Å². The summed E-state index contributed by atoms with van der Waals surface area (Å²) in [5.74, 6) is -0.121. The third-order valence-electron chi connectivity index (χ3n) is 2.72. The second-order valence-corrected chi connectivity index (χ2v) is 5.13. The fourth-order valence-corrected chi connectivity index (χ4v) is 2.09. The van der Waals surface area contributed by atoms with Crippen molar-refractivity contribution in [3.8, 4) is 0 Å². The lowest BCUT2D eigenvalue weighted by molar-refractivity contribution is 0.0784. The number of nitrogens with two attached hydrogens (primary N) is 1. The zero-order valence-corrected chi connectivity index (χ0v) is 12.1. The van der Waals surface area contributed by atoms with Crippen molar-refractivity contribution in [1.29, 1.82) is 0 Å². The zero-order chi connectivity index (χ0) is 13.8. The van der Waals surface area contributed by atoms with Gasteiger partial charge in [0.05, 0.1) is 17.8 Å². The van der Waals surface area contributed by atoms with E-state index in [0.717, 1.165) is 10.2 Å². The summed E-state index contributed by atoms with van der Waals surface area (Å²) in [5, 5.41) is 0. The van der Waals surface area contributed by atoms with Crippen LogP contribution >= 0.6 is 15.9 Å². The Hall–Kier alpha value is -1.88. The molecule has 1 aromatic heterocycles. The monoisotopic (exact) mass is 319 g/mol. The first kappa shape index (κ1) is 13.5. The number of rotatable bonds is 3. The highest BCUT2D eigenvalue weighted by Gasteiger charge is 2.15. The van der Waals surface area contributed by atoms with Crippen molar-refractivity contribution in [2.75, 3.05) is 12.8 Å². The van der Waals surface area contributed by atoms with Gasteiger partial charge in [-0.25, -0.2) is 0 Å². The molecule has 0 radical (unpaired) electrons. The van der Waals surface area contributed by atoms with Crippen molar-refractivity contribution in [2.45, 2.75) is 6.54 Å². The van der Waals surface area contributed by atoms with Crippen LogP contribution in [-0.4, -0.2) is 22.8 Å². The molecule has 19 heavy (non-hydrogen) atoms. The van der Waals surface area contributed by atoms with Crippen LogP contribution in [0.5, 0.6) is 0 Å². The van der Waals surface area contributed by atoms with E-state index in [1.165, 1.54) is 0 Å². The normalized spacial score (nSPS) is 10.2. The molecule has 0 atom stereocenters. The molecule has 0 aliphatic rings. The van der Waals surface area contributed by atoms with E-state index in [-0.39, 0.29) is 5.91 Å². The number of halogens is 1. The van der Waals surface area contributed by atoms with E-state index < -0.39 is 0 Å². The Morgan fingerprint density at radius 2 is 2.16 bits per heavy atom. The molecule has 1 amide bonds. The van der Waals surface area contributed by atoms with Crippen LogP contribution in [0.25, 0.3) is 0 Å². The fourth-order valence-electron chi connectivity index (χ4n) is 1.73. The number of hydrogen-bond acceptors (Lipinski definition) is 3. The molecular formula is C14H14BrN3O. The van der Waals surface area contributed by atoms with Gasteiger partial charge in [-0.15, -0.1) is 0 Å². The number of pyridine rings is 1. The van der Waals surface area contributed by atoms with Crippen molar-refractivity contribution in [1.82, 2.24) is 9.88 Å². The minimum absolute atomic E-state index is 0.121. The van der Waals surface area contributed by atoms with Gasteiger partial charge in [-0.05, 0) is 30.3 Å². The second-order valence-electron chi connectivity index (χ2n) is 4.21. The van der Waals surface area contributed by atoms with E-state index in [4.69, 9.17) is 5.73 Å². The minimum Gasteiger partial charge on any atom is -0.398 e. The van der Waals surface area contributed by atoms with E-state index in [1.54, 1.807) is 30.3 Å². The first-order valence-electron chi connectivity index (χ1n) is 5.78. The number of anilines is 1. The highest BCUT2D eigenvalue weighted by molar-refractivity contribution is 9.10. The summed E-state index contributed by atoms with van der Waals surface area (Å²) in [6, 6.07) is 10.9. The van der Waals surface area contributed by atoms with Crippen LogP contribution in [0.3, 0.4) is 0 Å². The highest BCUT2D eigenvalue weighted by Crippen LogP contribution is 2.20. The van der Waals surface area contributed by atoms with Gasteiger partial charge < -0.3 is 10.6 Å². The van der Waals surface area contributed by atoms with E-state index in [0.29, 0.717) is 17.8 Å². The number of aromatic nitrogens is 1. The van der Waals surface area contributed by atoms with Crippen LogP contribution in [0.4, 0.5) is 5.69 Å². The van der Waals surface area contributed by atoms with Crippen molar-refractivity contribution in [2.24, 2.45) is 0 Å². The molecule has 0 spiro atoms. The molecule has 0 saturated heterocycles. The van der Waals surface area contributed by atoms with Crippen molar-refractivity contribution in [3.63, 3.8) is 0 Å². The summed E-state index contributed by atoms with van der Waals surface area (Å²) in [5.41, 5.74) is 7.64. The van der Waals surface area contributed by atoms with Gasteiger partial charge in [0.1, 0.15) is 0 Å². The Kier molecular flexibility index (Phi) is 4.16. The molecule has 2 aromatic rings. The molecular weight excluding hydrogens is 306 g/mol. The Morgan fingerprint density at radius 3 is 2.84 bits per heavy atom. The van der Waals surface area contributed by atoms with Crippen LogP contribution in [0.1, 0.15) is 16.1 Å². The van der Waals surface area contributed by atoms with Gasteiger partial charge in [-0.2, -0.15) is 0 Å². The summed E-state index contributed by atoms with van der Waals surface area (Å²) in [6.07, 6.45) is 1.71. The molecule has 2 rings (SSSR count). The van der Waals surface area contributed by atoms with E-state index >= 15 is 0 Å². The largest absolute Gasteiger partial charge is 0.398 e. The van der Waals surface area contributed by atoms with Gasteiger partial charge in [0.15, 0.2) is 0 Å². The quantitative estimate of drug-likeness (QED) is 0.885. The van der Waals surface area contributed by atoms with Gasteiger partial charge >= 0.3 is 0 Å². The maximum atomic E-state index is 12.3. The Morgan fingerprint density at radius 1 is 1.37 bits per heavy atom. The van der Waals surface area contributed by atoms with Gasteiger partial charge in [0.2, 0.25) is 0 Å². The van der Waals surface area contributed by atoms with Crippen molar-refractivity contribution in [3.05, 3.63) is 58.3 Å². The molecule has 0 saturated carbocycles. The maximum absolute atomic E-state index is 12.3. The number of carbonyl (C=O) groups is 1. The molecule has 0 aliphatic heterocycles. The minimum atomic E-state index is -0.121. The van der Waals surface area contributed by atoms with E-state index in [2.05, 4.69) is 20.9 Å². The molecule has 0 unspecified atom stereocenters. The summed E-state index contributed by atoms with van der Waals surface area (Å²) in [7, 11) is 1.73. The molecule has 1 heterocycles. The number of nitrogen functional groups attached to an aromatic ring is 1. The topological polar surface area (TPSA) is 59.2 Å². The van der Waals surface area contributed by atoms with Gasteiger partial charge in [0, 0.05) is 23.4 Å². The van der Waals surface area contributed by atoms with Crippen LogP contribution in [0.2, 0.25) is 0 Å². The Labute approximate surface area is 120 Å². The number of hydrogen-bond donors (Lipinski definition) is 1. The van der Waals surface area contributed by atoms with Gasteiger partial charge in [0.25, 0.3) is 5.91 Å². The number of nitrogens with zero attached hydrogens (tertiary/aromatic N) is 2. The molecule has 4 nitrogen and oxygen atoms in total. The second kappa shape index (κ2) is 5.84. The average molecular weight is 320 g/mol. The lowest BCUT2D eigenvalue weighted by atomic mass is 10.1. The van der Waals surface area contributed by atoms with Crippen LogP contribution in [0.15, 0.2) is 47.1 Å². The SMILES string of the molecule is CN(Cc1ccccn1)C(=O)c1cc(Br)ccc1N. The maximum Gasteiger partial charge on any atom is 0.256 e. The molecule has 1 aromatic carbocycles. The summed E-state index contributed by atoms with van der Waals surface area (Å²) in [4.78, 5) is 18.1.